The van der Waals surface area contributed by atoms with E-state index in [1.807, 2.05) is 32.0 Å². The highest BCUT2D eigenvalue weighted by Gasteiger charge is 2.29. The van der Waals surface area contributed by atoms with E-state index >= 15 is 0 Å². The highest BCUT2D eigenvalue weighted by atomic mass is 32.2. The van der Waals surface area contributed by atoms with Crippen LogP contribution in [0, 0.1) is 0 Å². The van der Waals surface area contributed by atoms with Crippen molar-refractivity contribution >= 4 is 10.0 Å². The first kappa shape index (κ1) is 19.9. The Balaban J connectivity index is 1.71. The van der Waals surface area contributed by atoms with Gasteiger partial charge in [0, 0.05) is 32.7 Å². The predicted octanol–water partition coefficient (Wildman–Crippen LogP) is 3.33. The third-order valence-corrected chi connectivity index (χ3v) is 6.94. The third-order valence-electron chi connectivity index (χ3n) is 5.04. The molecule has 3 rings (SSSR count). The van der Waals surface area contributed by atoms with Crippen LogP contribution in [0.4, 0.5) is 0 Å². The second-order valence-electron chi connectivity index (χ2n) is 7.22. The summed E-state index contributed by atoms with van der Waals surface area (Å²) in [6.45, 7) is 7.43. The van der Waals surface area contributed by atoms with Gasteiger partial charge in [-0.1, -0.05) is 44.2 Å². The molecule has 0 unspecified atom stereocenters. The summed E-state index contributed by atoms with van der Waals surface area (Å²) >= 11 is 0. The normalized spacial score (nSPS) is 16.6. The monoisotopic (exact) mass is 388 g/mol. The smallest absolute Gasteiger partial charge is 0.243 e. The Hall–Kier alpha value is -1.89. The van der Waals surface area contributed by atoms with Gasteiger partial charge in [-0.05, 0) is 35.2 Å². The average molecular weight is 389 g/mol. The first-order valence-electron chi connectivity index (χ1n) is 9.36. The number of nitrogens with zero attached hydrogens (tertiary/aromatic N) is 2. The zero-order chi connectivity index (χ0) is 19.4. The lowest BCUT2D eigenvalue weighted by atomic mass is 10.0. The fraction of sp³-hybridized carbons (Fsp3) is 0.429. The van der Waals surface area contributed by atoms with Crippen molar-refractivity contribution in [3.63, 3.8) is 0 Å². The molecule has 0 saturated carbocycles. The molecule has 146 valence electrons. The molecule has 1 aliphatic rings. The Morgan fingerprint density at radius 1 is 1.00 bits per heavy atom. The van der Waals surface area contributed by atoms with Crippen LogP contribution in [0.3, 0.4) is 0 Å². The zero-order valence-corrected chi connectivity index (χ0v) is 17.1. The van der Waals surface area contributed by atoms with Crippen LogP contribution in [0.1, 0.15) is 30.9 Å². The molecule has 1 fully saturated rings. The van der Waals surface area contributed by atoms with Crippen LogP contribution >= 0.6 is 0 Å². The first-order chi connectivity index (χ1) is 12.9. The van der Waals surface area contributed by atoms with Gasteiger partial charge in [0.2, 0.25) is 10.0 Å². The summed E-state index contributed by atoms with van der Waals surface area (Å²) in [6, 6.07) is 15.5. The molecule has 0 amide bonds. The summed E-state index contributed by atoms with van der Waals surface area (Å²) in [5.74, 6) is 0.925. The number of methoxy groups -OCH3 is 1. The molecule has 2 aromatic carbocycles. The third kappa shape index (κ3) is 4.51. The highest BCUT2D eigenvalue weighted by molar-refractivity contribution is 7.89. The van der Waals surface area contributed by atoms with E-state index in [1.54, 1.807) is 29.6 Å². The van der Waals surface area contributed by atoms with Crippen LogP contribution in [0.5, 0.6) is 5.75 Å². The Labute approximate surface area is 162 Å². The molecule has 0 radical (unpaired) electrons. The van der Waals surface area contributed by atoms with E-state index in [0.29, 0.717) is 18.0 Å². The number of sulfonamides is 1. The van der Waals surface area contributed by atoms with Crippen molar-refractivity contribution in [2.45, 2.75) is 31.2 Å². The highest BCUT2D eigenvalue weighted by Crippen LogP contribution is 2.30. The van der Waals surface area contributed by atoms with Gasteiger partial charge in [-0.2, -0.15) is 4.31 Å². The maximum Gasteiger partial charge on any atom is 0.243 e. The van der Waals surface area contributed by atoms with Gasteiger partial charge in [-0.25, -0.2) is 8.42 Å². The molecule has 27 heavy (non-hydrogen) atoms. The molecule has 0 aromatic heterocycles. The number of benzene rings is 2. The van der Waals surface area contributed by atoms with Gasteiger partial charge in [0.1, 0.15) is 5.75 Å². The van der Waals surface area contributed by atoms with Crippen LogP contribution in [0.15, 0.2) is 53.4 Å². The number of hydrogen-bond acceptors (Lipinski definition) is 4. The van der Waals surface area contributed by atoms with E-state index in [2.05, 4.69) is 17.0 Å². The number of piperazine rings is 1. The number of hydrogen-bond donors (Lipinski definition) is 0. The molecule has 1 heterocycles. The van der Waals surface area contributed by atoms with E-state index in [-0.39, 0.29) is 5.92 Å². The van der Waals surface area contributed by atoms with Crippen molar-refractivity contribution < 1.29 is 13.2 Å². The summed E-state index contributed by atoms with van der Waals surface area (Å²) in [7, 11) is -1.88. The van der Waals surface area contributed by atoms with Crippen molar-refractivity contribution in [1.29, 1.82) is 0 Å². The molecular weight excluding hydrogens is 360 g/mol. The van der Waals surface area contributed by atoms with Crippen molar-refractivity contribution in [3.05, 3.63) is 59.7 Å². The minimum atomic E-state index is -3.49. The van der Waals surface area contributed by atoms with Gasteiger partial charge in [0.15, 0.2) is 0 Å². The van der Waals surface area contributed by atoms with Gasteiger partial charge >= 0.3 is 0 Å². The van der Waals surface area contributed by atoms with Crippen LogP contribution in [0.2, 0.25) is 0 Å². The first-order valence-corrected chi connectivity index (χ1v) is 10.8. The van der Waals surface area contributed by atoms with Crippen LogP contribution in [-0.4, -0.2) is 50.9 Å². The largest absolute Gasteiger partial charge is 0.496 e. The van der Waals surface area contributed by atoms with Crippen molar-refractivity contribution in [2.75, 3.05) is 33.3 Å². The molecule has 0 bridgehead atoms. The van der Waals surface area contributed by atoms with Crippen LogP contribution in [-0.2, 0) is 16.6 Å². The molecule has 5 nitrogen and oxygen atoms in total. The van der Waals surface area contributed by atoms with Crippen molar-refractivity contribution in [2.24, 2.45) is 0 Å². The molecule has 1 aliphatic heterocycles. The Kier molecular flexibility index (Phi) is 6.19. The van der Waals surface area contributed by atoms with Gasteiger partial charge in [0.05, 0.1) is 12.0 Å². The van der Waals surface area contributed by atoms with E-state index in [9.17, 15) is 8.42 Å². The number of rotatable bonds is 6. The lowest BCUT2D eigenvalue weighted by Gasteiger charge is -2.34. The second kappa shape index (κ2) is 8.42. The van der Waals surface area contributed by atoms with E-state index < -0.39 is 10.0 Å². The molecule has 0 aliphatic carbocycles. The Morgan fingerprint density at radius 3 is 2.26 bits per heavy atom. The lowest BCUT2D eigenvalue weighted by Crippen LogP contribution is -2.48. The van der Waals surface area contributed by atoms with E-state index in [4.69, 9.17) is 4.74 Å². The maximum absolute atomic E-state index is 13.1. The van der Waals surface area contributed by atoms with Crippen LogP contribution < -0.4 is 4.74 Å². The molecule has 6 heteroatoms. The van der Waals surface area contributed by atoms with Gasteiger partial charge in [0.25, 0.3) is 0 Å². The Morgan fingerprint density at radius 2 is 1.67 bits per heavy atom. The van der Waals surface area contributed by atoms with Crippen LogP contribution in [0.25, 0.3) is 0 Å². The predicted molar refractivity (Wildman–Crippen MR) is 108 cm³/mol. The van der Waals surface area contributed by atoms with Gasteiger partial charge < -0.3 is 4.74 Å². The zero-order valence-electron chi connectivity index (χ0n) is 16.3. The summed E-state index contributed by atoms with van der Waals surface area (Å²) in [4.78, 5) is 2.65. The van der Waals surface area contributed by atoms with Gasteiger partial charge in [-0.15, -0.1) is 0 Å². The quantitative estimate of drug-likeness (QED) is 0.762. The number of ether oxygens (including phenoxy) is 1. The Bertz CT molecular complexity index is 858. The van der Waals surface area contributed by atoms with E-state index in [0.717, 1.165) is 30.9 Å². The summed E-state index contributed by atoms with van der Waals surface area (Å²) in [5, 5.41) is 0. The molecular formula is C21H28N2O3S. The fourth-order valence-corrected chi connectivity index (χ4v) is 4.90. The summed E-state index contributed by atoms with van der Waals surface area (Å²) < 4.78 is 33.2. The molecule has 0 atom stereocenters. The minimum absolute atomic E-state index is 0.192. The van der Waals surface area contributed by atoms with Gasteiger partial charge in [-0.3, -0.25) is 4.90 Å². The second-order valence-corrected chi connectivity index (χ2v) is 9.16. The summed E-state index contributed by atoms with van der Waals surface area (Å²) in [6.07, 6.45) is 0. The molecule has 2 aromatic rings. The molecule has 0 spiro atoms. The maximum atomic E-state index is 13.1. The summed E-state index contributed by atoms with van der Waals surface area (Å²) in [5.41, 5.74) is 2.17. The fourth-order valence-electron chi connectivity index (χ4n) is 3.44. The molecule has 1 saturated heterocycles. The lowest BCUT2D eigenvalue weighted by molar-refractivity contribution is 0.181. The van der Waals surface area contributed by atoms with Crippen molar-refractivity contribution in [1.82, 2.24) is 9.21 Å². The SMILES string of the molecule is COc1ccc(S(=O)(=O)N2CCN(Cc3ccccc3)CC2)cc1C(C)C. The topological polar surface area (TPSA) is 49.9 Å². The van der Waals surface area contributed by atoms with Crippen molar-refractivity contribution in [3.8, 4) is 5.75 Å². The minimum Gasteiger partial charge on any atom is -0.496 e. The average Bonchev–Trinajstić information content (AvgIpc) is 2.68. The van der Waals surface area contributed by atoms with E-state index in [1.165, 1.54) is 5.56 Å². The standard InChI is InChI=1S/C21H28N2O3S/c1-17(2)20-15-19(9-10-21(20)26-3)27(24,25)23-13-11-22(12-14-23)16-18-7-5-4-6-8-18/h4-10,15,17H,11-14,16H2,1-3H3. The molecule has 0 N–H and O–H groups in total.